The summed E-state index contributed by atoms with van der Waals surface area (Å²) in [5, 5.41) is 0. The highest BCUT2D eigenvalue weighted by atomic mass is 19.1. The molecule has 1 saturated heterocycles. The van der Waals surface area contributed by atoms with Gasteiger partial charge in [0.05, 0.1) is 24.3 Å². The van der Waals surface area contributed by atoms with Gasteiger partial charge >= 0.3 is 6.09 Å². The summed E-state index contributed by atoms with van der Waals surface area (Å²) < 4.78 is 21.2. The summed E-state index contributed by atoms with van der Waals surface area (Å²) in [6, 6.07) is 8.27. The van der Waals surface area contributed by atoms with E-state index in [0.717, 1.165) is 28.2 Å². The monoisotopic (exact) mass is 590 g/mol. The van der Waals surface area contributed by atoms with Gasteiger partial charge in [-0.15, -0.1) is 0 Å². The number of imidazole rings is 1. The molecule has 0 radical (unpaired) electrons. The molecule has 0 unspecified atom stereocenters. The van der Waals surface area contributed by atoms with E-state index in [4.69, 9.17) is 9.72 Å². The molecule has 230 valence electrons. The maximum absolute atomic E-state index is 14.1. The van der Waals surface area contributed by atoms with Crippen molar-refractivity contribution in [1.82, 2.24) is 24.3 Å². The van der Waals surface area contributed by atoms with Gasteiger partial charge in [0.15, 0.2) is 0 Å². The van der Waals surface area contributed by atoms with Crippen LogP contribution in [0.25, 0.3) is 0 Å². The Morgan fingerprint density at radius 3 is 2.47 bits per heavy atom. The number of carbonyl (C=O) groups is 2. The minimum Gasteiger partial charge on any atom is -0.444 e. The maximum Gasteiger partial charge on any atom is 0.410 e. The van der Waals surface area contributed by atoms with Crippen molar-refractivity contribution in [3.63, 3.8) is 0 Å². The number of fused-ring (bicyclic) bond motifs is 1. The Labute approximate surface area is 253 Å². The van der Waals surface area contributed by atoms with Gasteiger partial charge in [-0.3, -0.25) is 14.7 Å². The Morgan fingerprint density at radius 2 is 1.81 bits per heavy atom. The molecule has 1 aromatic carbocycles. The largest absolute Gasteiger partial charge is 0.444 e. The van der Waals surface area contributed by atoms with E-state index in [2.05, 4.69) is 28.3 Å². The lowest BCUT2D eigenvalue weighted by molar-refractivity contribution is -0.121. The number of benzene rings is 1. The van der Waals surface area contributed by atoms with Crippen LogP contribution in [0.5, 0.6) is 0 Å². The van der Waals surface area contributed by atoms with Gasteiger partial charge in [-0.1, -0.05) is 26.0 Å². The highest BCUT2D eigenvalue weighted by Crippen LogP contribution is 2.40. The van der Waals surface area contributed by atoms with E-state index in [-0.39, 0.29) is 41.9 Å². The number of rotatable bonds is 6. The van der Waals surface area contributed by atoms with Gasteiger partial charge in [-0.05, 0) is 70.4 Å². The maximum atomic E-state index is 14.1. The predicted molar refractivity (Wildman–Crippen MR) is 164 cm³/mol. The number of carbonyl (C=O) groups excluding carboxylic acids is 2. The summed E-state index contributed by atoms with van der Waals surface area (Å²) in [5.74, 6) is -0.269. The third kappa shape index (κ3) is 6.90. The van der Waals surface area contributed by atoms with Gasteiger partial charge in [0, 0.05) is 61.8 Å². The first-order chi connectivity index (χ1) is 20.2. The number of aromatic nitrogens is 3. The number of halogens is 1. The minimum atomic E-state index is -0.597. The van der Waals surface area contributed by atoms with E-state index < -0.39 is 5.60 Å². The van der Waals surface area contributed by atoms with Crippen LogP contribution in [0.2, 0.25) is 0 Å². The third-order valence-electron chi connectivity index (χ3n) is 8.28. The molecule has 4 heterocycles. The van der Waals surface area contributed by atoms with Crippen molar-refractivity contribution in [3.8, 4) is 0 Å². The Hall–Kier alpha value is -3.79. The highest BCUT2D eigenvalue weighted by Gasteiger charge is 2.42. The summed E-state index contributed by atoms with van der Waals surface area (Å²) in [6.45, 7) is 16.1. The number of piperazine rings is 1. The second-order valence-electron chi connectivity index (χ2n) is 13.6. The predicted octanol–water partition coefficient (Wildman–Crippen LogP) is 4.95. The van der Waals surface area contributed by atoms with Gasteiger partial charge in [-0.25, -0.2) is 14.2 Å². The number of hydrogen-bond donors (Lipinski definition) is 0. The third-order valence-corrected chi connectivity index (χ3v) is 8.28. The van der Waals surface area contributed by atoms with Crippen LogP contribution >= 0.6 is 0 Å². The van der Waals surface area contributed by atoms with Crippen LogP contribution in [-0.2, 0) is 27.9 Å². The van der Waals surface area contributed by atoms with Gasteiger partial charge in [0.2, 0.25) is 5.91 Å². The second-order valence-corrected chi connectivity index (χ2v) is 13.6. The van der Waals surface area contributed by atoms with Gasteiger partial charge in [0.25, 0.3) is 0 Å². The minimum absolute atomic E-state index is 0.00201. The zero-order valence-electron chi connectivity index (χ0n) is 26.3. The smallest absolute Gasteiger partial charge is 0.410 e. The molecule has 2 aliphatic rings. The fourth-order valence-electron chi connectivity index (χ4n) is 6.05. The lowest BCUT2D eigenvalue weighted by Crippen LogP contribution is -2.62. The van der Waals surface area contributed by atoms with Crippen molar-refractivity contribution in [2.75, 3.05) is 31.1 Å². The normalized spacial score (nSPS) is 20.3. The van der Waals surface area contributed by atoms with Crippen LogP contribution in [0, 0.1) is 12.7 Å². The van der Waals surface area contributed by atoms with E-state index in [9.17, 15) is 14.0 Å². The molecule has 3 aromatic rings. The molecule has 1 fully saturated rings. The van der Waals surface area contributed by atoms with Crippen LogP contribution in [0.15, 0.2) is 49.1 Å². The van der Waals surface area contributed by atoms with Crippen LogP contribution in [-0.4, -0.2) is 80.2 Å². The van der Waals surface area contributed by atoms with E-state index in [0.29, 0.717) is 32.6 Å². The summed E-state index contributed by atoms with van der Waals surface area (Å²) in [5.41, 5.74) is 3.80. The van der Waals surface area contributed by atoms with Gasteiger partial charge in [-0.2, -0.15) is 0 Å². The molecular weight excluding hydrogens is 547 g/mol. The molecule has 0 N–H and O–H groups in total. The summed E-state index contributed by atoms with van der Waals surface area (Å²) >= 11 is 0. The molecule has 0 bridgehead atoms. The molecule has 9 nitrogen and oxygen atoms in total. The first kappa shape index (κ1) is 30.7. The van der Waals surface area contributed by atoms with Crippen LogP contribution < -0.4 is 4.90 Å². The Balaban J connectivity index is 1.37. The zero-order chi connectivity index (χ0) is 31.1. The fourth-order valence-corrected chi connectivity index (χ4v) is 6.05. The first-order valence-corrected chi connectivity index (χ1v) is 14.9. The molecule has 2 aromatic heterocycles. The van der Waals surface area contributed by atoms with Crippen LogP contribution in [0.4, 0.5) is 14.9 Å². The Morgan fingerprint density at radius 1 is 1.09 bits per heavy atom. The van der Waals surface area contributed by atoms with Crippen molar-refractivity contribution in [3.05, 3.63) is 77.4 Å². The van der Waals surface area contributed by atoms with Crippen molar-refractivity contribution in [1.29, 1.82) is 0 Å². The number of ether oxygens (including phenoxy) is 1. The SMILES string of the molecule is Cc1cncn1C[C@H]1CN(C(=O)OC(C)(C)C)[C@H](C)CN1CC(=O)N1CC(C)(C)c2ncc(Cc3ccc(F)cc3)cc21. The molecular formula is C33H43FN6O3. The lowest BCUT2D eigenvalue weighted by Gasteiger charge is -2.45. The summed E-state index contributed by atoms with van der Waals surface area (Å²) in [6.07, 6.45) is 5.72. The molecule has 2 atom stereocenters. The van der Waals surface area contributed by atoms with Crippen molar-refractivity contribution >= 4 is 17.7 Å². The molecule has 43 heavy (non-hydrogen) atoms. The average molecular weight is 591 g/mol. The first-order valence-electron chi connectivity index (χ1n) is 14.9. The number of nitrogens with zero attached hydrogens (tertiary/aromatic N) is 6. The molecule has 0 spiro atoms. The topological polar surface area (TPSA) is 83.8 Å². The van der Waals surface area contributed by atoms with Crippen LogP contribution in [0.1, 0.15) is 64.1 Å². The Kier molecular flexibility index (Phi) is 8.35. The molecule has 5 rings (SSSR count). The van der Waals surface area contributed by atoms with Gasteiger partial charge in [0.1, 0.15) is 11.4 Å². The average Bonchev–Trinajstić information content (AvgIpc) is 3.44. The molecule has 2 amide bonds. The van der Waals surface area contributed by atoms with Crippen molar-refractivity contribution in [2.24, 2.45) is 0 Å². The Bertz CT molecular complexity index is 1480. The number of aryl methyl sites for hydroxylation is 1. The van der Waals surface area contributed by atoms with Gasteiger partial charge < -0.3 is 19.1 Å². The fraction of sp³-hybridized carbons (Fsp3) is 0.515. The zero-order valence-corrected chi connectivity index (χ0v) is 26.3. The molecule has 0 saturated carbocycles. The van der Waals surface area contributed by atoms with E-state index in [1.54, 1.807) is 23.4 Å². The second kappa shape index (κ2) is 11.7. The number of anilines is 1. The summed E-state index contributed by atoms with van der Waals surface area (Å²) in [7, 11) is 0. The van der Waals surface area contributed by atoms with E-state index in [1.165, 1.54) is 12.1 Å². The van der Waals surface area contributed by atoms with Crippen molar-refractivity contribution < 1.29 is 18.7 Å². The van der Waals surface area contributed by atoms with E-state index in [1.807, 2.05) is 58.0 Å². The van der Waals surface area contributed by atoms with E-state index >= 15 is 0 Å². The number of amides is 2. The van der Waals surface area contributed by atoms with Crippen molar-refractivity contribution in [2.45, 2.75) is 84.5 Å². The molecule has 0 aliphatic carbocycles. The van der Waals surface area contributed by atoms with Crippen LogP contribution in [0.3, 0.4) is 0 Å². The summed E-state index contributed by atoms with van der Waals surface area (Å²) in [4.78, 5) is 42.1. The molecule has 2 aliphatic heterocycles. The standard InChI is InChI=1S/C33H43FN6O3/c1-22-14-35-21-38(22)17-27-18-39(31(42)43-32(3,4)5)23(2)16-37(27)19-29(41)40-20-33(6,7)30-28(40)13-25(15-36-30)12-24-8-10-26(34)11-9-24/h8-11,13-15,21,23,27H,12,16-20H2,1-7H3/t23-,27+/m1/s1. The number of hydrogen-bond acceptors (Lipinski definition) is 6. The highest BCUT2D eigenvalue weighted by molar-refractivity contribution is 5.97. The molecule has 10 heteroatoms. The lowest BCUT2D eigenvalue weighted by atomic mass is 9.91. The number of pyridine rings is 1. The quantitative estimate of drug-likeness (QED) is 0.404.